The number of urea groups is 1. The molecule has 0 radical (unpaired) electrons. The van der Waals surface area contributed by atoms with Crippen molar-refractivity contribution < 1.29 is 4.79 Å². The van der Waals surface area contributed by atoms with E-state index in [1.165, 1.54) is 0 Å². The highest BCUT2D eigenvalue weighted by atomic mass is 16.2. The Morgan fingerprint density at radius 2 is 2.13 bits per heavy atom. The average Bonchev–Trinajstić information content (AvgIpc) is 2.96. The molecule has 2 amide bonds. The van der Waals surface area contributed by atoms with Crippen molar-refractivity contribution in [1.82, 2.24) is 19.8 Å². The Bertz CT molecular complexity index is 640. The molecule has 0 unspecified atom stereocenters. The van der Waals surface area contributed by atoms with E-state index in [1.807, 2.05) is 35.4 Å². The van der Waals surface area contributed by atoms with E-state index in [0.29, 0.717) is 6.42 Å². The molecule has 0 aliphatic carbocycles. The van der Waals surface area contributed by atoms with Gasteiger partial charge in [0.25, 0.3) is 0 Å². The zero-order valence-electron chi connectivity index (χ0n) is 13.5. The van der Waals surface area contributed by atoms with E-state index in [2.05, 4.69) is 27.2 Å². The van der Waals surface area contributed by atoms with Crippen molar-refractivity contribution in [2.24, 2.45) is 0 Å². The van der Waals surface area contributed by atoms with Gasteiger partial charge in [0.2, 0.25) is 0 Å². The topological polar surface area (TPSA) is 64.3 Å². The van der Waals surface area contributed by atoms with Gasteiger partial charge in [-0.1, -0.05) is 18.2 Å². The molecule has 2 heterocycles. The van der Waals surface area contributed by atoms with Crippen LogP contribution < -0.4 is 5.32 Å². The Morgan fingerprint density at radius 3 is 2.96 bits per heavy atom. The molecule has 0 saturated carbocycles. The van der Waals surface area contributed by atoms with Crippen molar-refractivity contribution >= 4 is 11.7 Å². The maximum absolute atomic E-state index is 12.6. The summed E-state index contributed by atoms with van der Waals surface area (Å²) >= 11 is 0. The number of hydrogen-bond acceptors (Lipinski definition) is 3. The molecule has 1 saturated heterocycles. The van der Waals surface area contributed by atoms with Crippen LogP contribution in [0.1, 0.15) is 17.8 Å². The number of carbonyl (C=O) groups is 1. The molecule has 1 aromatic heterocycles. The van der Waals surface area contributed by atoms with Gasteiger partial charge < -0.3 is 20.1 Å². The predicted molar refractivity (Wildman–Crippen MR) is 90.5 cm³/mol. The molecule has 1 aliphatic rings. The SMILES string of the molecule is CN1CCCN(C(=O)Nc2ccccc2Cc2ncc[nH]2)CC1. The largest absolute Gasteiger partial charge is 0.348 e. The fraction of sp³-hybridized carbons (Fsp3) is 0.412. The van der Waals surface area contributed by atoms with Gasteiger partial charge in [0.05, 0.1) is 0 Å². The van der Waals surface area contributed by atoms with Crippen LogP contribution in [0.25, 0.3) is 0 Å². The number of benzene rings is 1. The van der Waals surface area contributed by atoms with Gasteiger partial charge >= 0.3 is 6.03 Å². The number of aromatic nitrogens is 2. The number of rotatable bonds is 3. The third-order valence-corrected chi connectivity index (χ3v) is 4.18. The Hall–Kier alpha value is -2.34. The van der Waals surface area contributed by atoms with E-state index >= 15 is 0 Å². The molecule has 2 N–H and O–H groups in total. The molecule has 0 spiro atoms. The Kier molecular flexibility index (Phi) is 4.92. The number of carbonyl (C=O) groups excluding carboxylic acids is 1. The van der Waals surface area contributed by atoms with Crippen LogP contribution in [-0.2, 0) is 6.42 Å². The maximum atomic E-state index is 12.6. The molecule has 0 atom stereocenters. The summed E-state index contributed by atoms with van der Waals surface area (Å²) in [5.74, 6) is 0.892. The molecule has 6 nitrogen and oxygen atoms in total. The van der Waals surface area contributed by atoms with Crippen molar-refractivity contribution in [2.75, 3.05) is 38.5 Å². The molecule has 0 bridgehead atoms. The minimum absolute atomic E-state index is 0.0211. The Labute approximate surface area is 136 Å². The van der Waals surface area contributed by atoms with Crippen LogP contribution in [0, 0.1) is 0 Å². The number of aromatic amines is 1. The highest BCUT2D eigenvalue weighted by Gasteiger charge is 2.18. The minimum Gasteiger partial charge on any atom is -0.348 e. The third-order valence-electron chi connectivity index (χ3n) is 4.18. The van der Waals surface area contributed by atoms with Crippen LogP contribution in [0.2, 0.25) is 0 Å². The molecule has 1 aliphatic heterocycles. The van der Waals surface area contributed by atoms with Crippen LogP contribution in [0.15, 0.2) is 36.7 Å². The lowest BCUT2D eigenvalue weighted by Crippen LogP contribution is -2.37. The summed E-state index contributed by atoms with van der Waals surface area (Å²) in [6, 6.07) is 7.87. The van der Waals surface area contributed by atoms with Crippen LogP contribution in [0.4, 0.5) is 10.5 Å². The van der Waals surface area contributed by atoms with E-state index in [9.17, 15) is 4.79 Å². The molecule has 2 aromatic rings. The second kappa shape index (κ2) is 7.28. The van der Waals surface area contributed by atoms with Crippen LogP contribution in [-0.4, -0.2) is 59.0 Å². The van der Waals surface area contributed by atoms with Crippen molar-refractivity contribution in [1.29, 1.82) is 0 Å². The molecular weight excluding hydrogens is 290 g/mol. The Balaban J connectivity index is 1.68. The summed E-state index contributed by atoms with van der Waals surface area (Å²) in [5, 5.41) is 3.06. The predicted octanol–water partition coefficient (Wildman–Crippen LogP) is 2.17. The van der Waals surface area contributed by atoms with Crippen LogP contribution in [0.5, 0.6) is 0 Å². The van der Waals surface area contributed by atoms with Crippen molar-refractivity contribution in [3.05, 3.63) is 48.0 Å². The fourth-order valence-corrected chi connectivity index (χ4v) is 2.82. The molecule has 6 heteroatoms. The number of nitrogens with one attached hydrogen (secondary N) is 2. The molecule has 3 rings (SSSR count). The normalized spacial score (nSPS) is 16.1. The van der Waals surface area contributed by atoms with E-state index in [4.69, 9.17) is 0 Å². The number of para-hydroxylation sites is 1. The van der Waals surface area contributed by atoms with Gasteiger partial charge in [-0.05, 0) is 31.6 Å². The summed E-state index contributed by atoms with van der Waals surface area (Å²) in [4.78, 5) is 24.1. The first kappa shape index (κ1) is 15.6. The summed E-state index contributed by atoms with van der Waals surface area (Å²) in [6.07, 6.45) is 5.23. The van der Waals surface area contributed by atoms with Gasteiger partial charge in [0, 0.05) is 44.1 Å². The van der Waals surface area contributed by atoms with Crippen molar-refractivity contribution in [3.63, 3.8) is 0 Å². The molecule has 122 valence electrons. The molecule has 23 heavy (non-hydrogen) atoms. The van der Waals surface area contributed by atoms with Gasteiger partial charge in [-0.25, -0.2) is 9.78 Å². The highest BCUT2D eigenvalue weighted by Crippen LogP contribution is 2.18. The lowest BCUT2D eigenvalue weighted by molar-refractivity contribution is 0.213. The van der Waals surface area contributed by atoms with Gasteiger partial charge in [-0.2, -0.15) is 0 Å². The summed E-state index contributed by atoms with van der Waals surface area (Å²) in [7, 11) is 2.10. The van der Waals surface area contributed by atoms with Gasteiger partial charge in [0.1, 0.15) is 5.82 Å². The lowest BCUT2D eigenvalue weighted by atomic mass is 10.1. The zero-order chi connectivity index (χ0) is 16.1. The number of anilines is 1. The number of nitrogens with zero attached hydrogens (tertiary/aromatic N) is 3. The van der Waals surface area contributed by atoms with E-state index in [-0.39, 0.29) is 6.03 Å². The number of likely N-dealkylation sites (N-methyl/N-ethyl adjacent to an activating group) is 1. The molecule has 1 aromatic carbocycles. The standard InChI is InChI=1S/C17H23N5O/c1-21-9-4-10-22(12-11-21)17(23)20-15-6-3-2-5-14(15)13-16-18-7-8-19-16/h2-3,5-8H,4,9-13H2,1H3,(H,18,19)(H,20,23). The lowest BCUT2D eigenvalue weighted by Gasteiger charge is -2.22. The van der Waals surface area contributed by atoms with Crippen molar-refractivity contribution in [3.8, 4) is 0 Å². The number of H-pyrrole nitrogens is 1. The van der Waals surface area contributed by atoms with E-state index in [0.717, 1.165) is 49.7 Å². The second-order valence-electron chi connectivity index (χ2n) is 5.94. The first-order valence-corrected chi connectivity index (χ1v) is 8.03. The second-order valence-corrected chi connectivity index (χ2v) is 5.94. The van der Waals surface area contributed by atoms with E-state index in [1.54, 1.807) is 6.20 Å². The summed E-state index contributed by atoms with van der Waals surface area (Å²) in [5.41, 5.74) is 1.91. The van der Waals surface area contributed by atoms with E-state index < -0.39 is 0 Å². The first-order valence-electron chi connectivity index (χ1n) is 8.03. The molecule has 1 fully saturated rings. The number of hydrogen-bond donors (Lipinski definition) is 2. The fourth-order valence-electron chi connectivity index (χ4n) is 2.82. The quantitative estimate of drug-likeness (QED) is 0.913. The average molecular weight is 313 g/mol. The van der Waals surface area contributed by atoms with Gasteiger partial charge in [-0.15, -0.1) is 0 Å². The molecular formula is C17H23N5O. The monoisotopic (exact) mass is 313 g/mol. The minimum atomic E-state index is -0.0211. The third kappa shape index (κ3) is 4.10. The maximum Gasteiger partial charge on any atom is 0.321 e. The summed E-state index contributed by atoms with van der Waals surface area (Å²) < 4.78 is 0. The highest BCUT2D eigenvalue weighted by molar-refractivity contribution is 5.90. The van der Waals surface area contributed by atoms with Crippen LogP contribution in [0.3, 0.4) is 0 Å². The first-order chi connectivity index (χ1) is 11.2. The smallest absolute Gasteiger partial charge is 0.321 e. The van der Waals surface area contributed by atoms with Gasteiger partial charge in [-0.3, -0.25) is 0 Å². The zero-order valence-corrected chi connectivity index (χ0v) is 13.5. The summed E-state index contributed by atoms with van der Waals surface area (Å²) in [6.45, 7) is 3.53. The number of imidazole rings is 1. The van der Waals surface area contributed by atoms with Crippen LogP contribution >= 0.6 is 0 Å². The van der Waals surface area contributed by atoms with Gasteiger partial charge in [0.15, 0.2) is 0 Å². The Morgan fingerprint density at radius 1 is 1.26 bits per heavy atom. The van der Waals surface area contributed by atoms with Crippen molar-refractivity contribution in [2.45, 2.75) is 12.8 Å². The number of amides is 2.